The molecule has 1 N–H and O–H groups in total. The Bertz CT molecular complexity index is 613. The molecular weight excluding hydrogens is 250 g/mol. The topological polar surface area (TPSA) is 46.4 Å². The molecule has 0 aliphatic rings. The molecular formula is C16H23N3O. The van der Waals surface area contributed by atoms with Crippen LogP contribution in [0.1, 0.15) is 48.9 Å². The quantitative estimate of drug-likeness (QED) is 0.910. The van der Waals surface area contributed by atoms with Gasteiger partial charge in [0.1, 0.15) is 5.65 Å². The number of nitrogens with one attached hydrogen (secondary N) is 1. The summed E-state index contributed by atoms with van der Waals surface area (Å²) in [5.74, 6) is 0.583. The normalized spacial score (nSPS) is 11.2. The van der Waals surface area contributed by atoms with Crippen molar-refractivity contribution < 1.29 is 4.79 Å². The average Bonchev–Trinajstić information content (AvgIpc) is 2.74. The molecule has 0 aliphatic carbocycles. The second-order valence-corrected chi connectivity index (χ2v) is 5.58. The summed E-state index contributed by atoms with van der Waals surface area (Å²) in [6, 6.07) is 3.75. The van der Waals surface area contributed by atoms with E-state index in [4.69, 9.17) is 0 Å². The Morgan fingerprint density at radius 3 is 2.80 bits per heavy atom. The third-order valence-electron chi connectivity index (χ3n) is 3.56. The second kappa shape index (κ2) is 6.07. The maximum Gasteiger partial charge on any atom is 0.252 e. The third kappa shape index (κ3) is 3.00. The van der Waals surface area contributed by atoms with Gasteiger partial charge in [0.25, 0.3) is 5.91 Å². The Morgan fingerprint density at radius 2 is 2.15 bits per heavy atom. The molecule has 108 valence electrons. The first kappa shape index (κ1) is 14.6. The van der Waals surface area contributed by atoms with E-state index in [2.05, 4.69) is 31.1 Å². The lowest BCUT2D eigenvalue weighted by atomic mass is 10.1. The maximum atomic E-state index is 12.1. The van der Waals surface area contributed by atoms with Crippen LogP contribution in [0.15, 0.2) is 18.3 Å². The van der Waals surface area contributed by atoms with E-state index in [9.17, 15) is 4.79 Å². The summed E-state index contributed by atoms with van der Waals surface area (Å²) in [5.41, 5.74) is 3.78. The van der Waals surface area contributed by atoms with Crippen LogP contribution in [0.5, 0.6) is 0 Å². The van der Waals surface area contributed by atoms with Gasteiger partial charge in [-0.1, -0.05) is 20.8 Å². The van der Waals surface area contributed by atoms with Crippen molar-refractivity contribution in [3.8, 4) is 0 Å². The molecule has 0 saturated heterocycles. The van der Waals surface area contributed by atoms with Crippen molar-refractivity contribution in [2.45, 2.75) is 40.5 Å². The highest BCUT2D eigenvalue weighted by molar-refractivity contribution is 5.94. The van der Waals surface area contributed by atoms with Gasteiger partial charge in [0.05, 0.1) is 11.3 Å². The van der Waals surface area contributed by atoms with Gasteiger partial charge in [-0.3, -0.25) is 4.79 Å². The Hall–Kier alpha value is -1.84. The summed E-state index contributed by atoms with van der Waals surface area (Å²) in [6.07, 6.45) is 3.78. The van der Waals surface area contributed by atoms with Crippen LogP contribution < -0.4 is 5.32 Å². The zero-order valence-electron chi connectivity index (χ0n) is 12.7. The number of hydrogen-bond acceptors (Lipinski definition) is 2. The molecule has 4 nitrogen and oxygen atoms in total. The molecule has 0 spiro atoms. The number of carbonyl (C=O) groups is 1. The molecule has 2 aromatic rings. The molecule has 20 heavy (non-hydrogen) atoms. The van der Waals surface area contributed by atoms with Crippen LogP contribution in [0.2, 0.25) is 0 Å². The smallest absolute Gasteiger partial charge is 0.252 e. The predicted molar refractivity (Wildman–Crippen MR) is 81.1 cm³/mol. The van der Waals surface area contributed by atoms with Gasteiger partial charge in [-0.2, -0.15) is 0 Å². The van der Waals surface area contributed by atoms with Crippen LogP contribution >= 0.6 is 0 Å². The largest absolute Gasteiger partial charge is 0.352 e. The van der Waals surface area contributed by atoms with E-state index >= 15 is 0 Å². The summed E-state index contributed by atoms with van der Waals surface area (Å²) in [6.45, 7) is 9.16. The van der Waals surface area contributed by atoms with Crippen LogP contribution in [0, 0.1) is 12.8 Å². The van der Waals surface area contributed by atoms with Gasteiger partial charge < -0.3 is 9.72 Å². The van der Waals surface area contributed by atoms with Gasteiger partial charge in [-0.05, 0) is 37.8 Å². The van der Waals surface area contributed by atoms with Crippen molar-refractivity contribution in [1.82, 2.24) is 14.7 Å². The molecule has 0 bridgehead atoms. The summed E-state index contributed by atoms with van der Waals surface area (Å²) >= 11 is 0. The SMILES string of the molecule is CCc1nc2ccc(C(=O)NCCC(C)C)cn2c1C. The Kier molecular flexibility index (Phi) is 4.42. The highest BCUT2D eigenvalue weighted by Gasteiger charge is 2.10. The van der Waals surface area contributed by atoms with E-state index in [1.807, 2.05) is 29.7 Å². The van der Waals surface area contributed by atoms with Crippen LogP contribution in [0.3, 0.4) is 0 Å². The van der Waals surface area contributed by atoms with Gasteiger partial charge >= 0.3 is 0 Å². The lowest BCUT2D eigenvalue weighted by molar-refractivity contribution is 0.0951. The van der Waals surface area contributed by atoms with Crippen LogP contribution in [-0.2, 0) is 6.42 Å². The minimum absolute atomic E-state index is 0.0151. The van der Waals surface area contributed by atoms with E-state index in [1.165, 1.54) is 0 Å². The number of carbonyl (C=O) groups excluding carboxylic acids is 1. The standard InChI is InChI=1S/C16H23N3O/c1-5-14-12(4)19-10-13(6-7-15(19)18-14)16(20)17-9-8-11(2)3/h6-7,10-11H,5,8-9H2,1-4H3,(H,17,20). The number of amides is 1. The van der Waals surface area contributed by atoms with Gasteiger partial charge in [-0.15, -0.1) is 0 Å². The van der Waals surface area contributed by atoms with Crippen molar-refractivity contribution in [1.29, 1.82) is 0 Å². The zero-order chi connectivity index (χ0) is 14.7. The number of rotatable bonds is 5. The first-order valence-electron chi connectivity index (χ1n) is 7.28. The van der Waals surface area contributed by atoms with Gasteiger partial charge in [0.15, 0.2) is 0 Å². The number of fused-ring (bicyclic) bond motifs is 1. The monoisotopic (exact) mass is 273 g/mol. The van der Waals surface area contributed by atoms with Gasteiger partial charge in [0.2, 0.25) is 0 Å². The number of nitrogens with zero attached hydrogens (tertiary/aromatic N) is 2. The molecule has 2 aromatic heterocycles. The van der Waals surface area contributed by atoms with Crippen molar-refractivity contribution >= 4 is 11.6 Å². The van der Waals surface area contributed by atoms with Gasteiger partial charge in [-0.25, -0.2) is 4.98 Å². The van der Waals surface area contributed by atoms with Crippen molar-refractivity contribution in [2.75, 3.05) is 6.54 Å². The lowest BCUT2D eigenvalue weighted by Crippen LogP contribution is -2.25. The average molecular weight is 273 g/mol. The van der Waals surface area contributed by atoms with E-state index in [0.717, 1.165) is 36.4 Å². The Balaban J connectivity index is 2.18. The van der Waals surface area contributed by atoms with E-state index in [0.29, 0.717) is 11.5 Å². The van der Waals surface area contributed by atoms with Crippen molar-refractivity contribution in [3.63, 3.8) is 0 Å². The molecule has 0 aromatic carbocycles. The highest BCUT2D eigenvalue weighted by atomic mass is 16.1. The third-order valence-corrected chi connectivity index (χ3v) is 3.56. The molecule has 2 rings (SSSR count). The van der Waals surface area contributed by atoms with Crippen LogP contribution in [0.25, 0.3) is 5.65 Å². The fourth-order valence-electron chi connectivity index (χ4n) is 2.26. The molecule has 0 aliphatic heterocycles. The molecule has 4 heteroatoms. The molecule has 0 unspecified atom stereocenters. The number of aryl methyl sites for hydroxylation is 2. The first-order valence-corrected chi connectivity index (χ1v) is 7.28. The second-order valence-electron chi connectivity index (χ2n) is 5.58. The molecule has 0 radical (unpaired) electrons. The van der Waals surface area contributed by atoms with Crippen molar-refractivity contribution in [2.24, 2.45) is 5.92 Å². The minimum Gasteiger partial charge on any atom is -0.352 e. The lowest BCUT2D eigenvalue weighted by Gasteiger charge is -2.07. The molecule has 0 saturated carbocycles. The number of hydrogen-bond donors (Lipinski definition) is 1. The number of imidazole rings is 1. The van der Waals surface area contributed by atoms with Crippen LogP contribution in [0.4, 0.5) is 0 Å². The molecule has 1 amide bonds. The summed E-state index contributed by atoms with van der Waals surface area (Å²) in [4.78, 5) is 16.7. The summed E-state index contributed by atoms with van der Waals surface area (Å²) in [7, 11) is 0. The maximum absolute atomic E-state index is 12.1. The Labute approximate surface area is 120 Å². The fourth-order valence-corrected chi connectivity index (χ4v) is 2.26. The van der Waals surface area contributed by atoms with Crippen LogP contribution in [-0.4, -0.2) is 21.8 Å². The highest BCUT2D eigenvalue weighted by Crippen LogP contribution is 2.13. The van der Waals surface area contributed by atoms with Crippen molar-refractivity contribution in [3.05, 3.63) is 35.3 Å². The first-order chi connectivity index (χ1) is 9.52. The Morgan fingerprint density at radius 1 is 1.40 bits per heavy atom. The van der Waals surface area contributed by atoms with Gasteiger partial charge in [0, 0.05) is 18.4 Å². The zero-order valence-corrected chi connectivity index (χ0v) is 12.7. The molecule has 0 fully saturated rings. The van der Waals surface area contributed by atoms with E-state index in [1.54, 1.807) is 0 Å². The fraction of sp³-hybridized carbons (Fsp3) is 0.500. The van der Waals surface area contributed by atoms with E-state index in [-0.39, 0.29) is 5.91 Å². The minimum atomic E-state index is -0.0151. The molecule has 0 atom stereocenters. The van der Waals surface area contributed by atoms with E-state index < -0.39 is 0 Å². The number of pyridine rings is 1. The number of aromatic nitrogens is 2. The predicted octanol–water partition coefficient (Wildman–Crippen LogP) is 2.98. The summed E-state index contributed by atoms with van der Waals surface area (Å²) < 4.78 is 2.00. The molecule has 2 heterocycles. The summed E-state index contributed by atoms with van der Waals surface area (Å²) in [5, 5.41) is 2.96.